The molecule has 12 heavy (non-hydrogen) atoms. The van der Waals surface area contributed by atoms with Crippen molar-refractivity contribution in [3.63, 3.8) is 0 Å². The molecule has 0 aromatic heterocycles. The standard InChI is InChI=1S/C7H13ClN2O2/c1-9-4-2-6(3-5-9)10(8)7(11)12/h6H,2-5H2,1H3,(H,11,12). The van der Waals surface area contributed by atoms with Gasteiger partial charge in [-0.05, 0) is 33.0 Å². The van der Waals surface area contributed by atoms with Gasteiger partial charge in [-0.2, -0.15) is 0 Å². The molecular weight excluding hydrogens is 180 g/mol. The van der Waals surface area contributed by atoms with E-state index in [4.69, 9.17) is 16.9 Å². The summed E-state index contributed by atoms with van der Waals surface area (Å²) in [5.41, 5.74) is 0. The Morgan fingerprint density at radius 2 is 2.08 bits per heavy atom. The van der Waals surface area contributed by atoms with Crippen LogP contribution in [0.3, 0.4) is 0 Å². The van der Waals surface area contributed by atoms with Crippen molar-refractivity contribution >= 4 is 17.9 Å². The maximum atomic E-state index is 10.5. The molecule has 1 N–H and O–H groups in total. The number of halogens is 1. The van der Waals surface area contributed by atoms with Crippen LogP contribution in [-0.4, -0.2) is 46.7 Å². The van der Waals surface area contributed by atoms with Crippen molar-refractivity contribution in [2.24, 2.45) is 0 Å². The summed E-state index contributed by atoms with van der Waals surface area (Å²) in [6.07, 6.45) is 0.602. The van der Waals surface area contributed by atoms with Crippen molar-refractivity contribution in [2.75, 3.05) is 20.1 Å². The smallest absolute Gasteiger partial charge is 0.422 e. The Balaban J connectivity index is 2.39. The molecule has 0 radical (unpaired) electrons. The van der Waals surface area contributed by atoms with Crippen LogP contribution in [0.1, 0.15) is 12.8 Å². The number of carboxylic acid groups (broad SMARTS) is 1. The van der Waals surface area contributed by atoms with E-state index < -0.39 is 6.09 Å². The Morgan fingerprint density at radius 1 is 1.58 bits per heavy atom. The van der Waals surface area contributed by atoms with Crippen LogP contribution >= 0.6 is 11.8 Å². The molecule has 0 spiro atoms. The zero-order valence-electron chi connectivity index (χ0n) is 7.03. The van der Waals surface area contributed by atoms with Crippen molar-refractivity contribution in [3.8, 4) is 0 Å². The first-order valence-corrected chi connectivity index (χ1v) is 4.31. The summed E-state index contributed by atoms with van der Waals surface area (Å²) in [4.78, 5) is 12.6. The first kappa shape index (κ1) is 9.61. The number of amides is 1. The molecule has 1 fully saturated rings. The van der Waals surface area contributed by atoms with Crippen LogP contribution in [0.5, 0.6) is 0 Å². The highest BCUT2D eigenvalue weighted by molar-refractivity contribution is 6.20. The second-order valence-electron chi connectivity index (χ2n) is 3.13. The number of rotatable bonds is 1. The molecule has 0 aliphatic carbocycles. The number of hydrogen-bond donors (Lipinski definition) is 1. The second kappa shape index (κ2) is 3.96. The molecule has 70 valence electrons. The number of likely N-dealkylation sites (tertiary alicyclic amines) is 1. The maximum absolute atomic E-state index is 10.5. The Kier molecular flexibility index (Phi) is 3.17. The predicted molar refractivity (Wildman–Crippen MR) is 46.2 cm³/mol. The van der Waals surface area contributed by atoms with Gasteiger partial charge in [-0.1, -0.05) is 0 Å². The fraction of sp³-hybridized carbons (Fsp3) is 0.857. The molecule has 0 atom stereocenters. The van der Waals surface area contributed by atoms with E-state index in [9.17, 15) is 4.79 Å². The lowest BCUT2D eigenvalue weighted by molar-refractivity contribution is 0.139. The molecule has 0 aromatic carbocycles. The number of nitrogens with zero attached hydrogens (tertiary/aromatic N) is 2. The van der Waals surface area contributed by atoms with Crippen LogP contribution in [-0.2, 0) is 0 Å². The van der Waals surface area contributed by atoms with Crippen molar-refractivity contribution in [1.29, 1.82) is 0 Å². The summed E-state index contributed by atoms with van der Waals surface area (Å²) in [6, 6.07) is -0.0135. The zero-order valence-corrected chi connectivity index (χ0v) is 7.79. The van der Waals surface area contributed by atoms with Crippen LogP contribution in [0.2, 0.25) is 0 Å². The molecule has 4 nitrogen and oxygen atoms in total. The molecule has 5 heteroatoms. The Bertz CT molecular complexity index is 169. The lowest BCUT2D eigenvalue weighted by atomic mass is 10.1. The van der Waals surface area contributed by atoms with E-state index in [1.807, 2.05) is 7.05 Å². The van der Waals surface area contributed by atoms with Gasteiger partial charge in [0.2, 0.25) is 0 Å². The fourth-order valence-corrected chi connectivity index (χ4v) is 1.57. The Morgan fingerprint density at radius 3 is 2.50 bits per heavy atom. The Hall–Kier alpha value is -0.480. The van der Waals surface area contributed by atoms with Gasteiger partial charge in [0.25, 0.3) is 0 Å². The van der Waals surface area contributed by atoms with Gasteiger partial charge in [-0.15, -0.1) is 0 Å². The summed E-state index contributed by atoms with van der Waals surface area (Å²) in [7, 11) is 2.02. The molecule has 1 rings (SSSR count). The lowest BCUT2D eigenvalue weighted by Gasteiger charge is -2.31. The molecule has 1 amide bonds. The van der Waals surface area contributed by atoms with Crippen LogP contribution in [0.15, 0.2) is 0 Å². The molecular formula is C7H13ClN2O2. The van der Waals surface area contributed by atoms with Gasteiger partial charge in [0.15, 0.2) is 0 Å². The van der Waals surface area contributed by atoms with Crippen molar-refractivity contribution in [3.05, 3.63) is 0 Å². The van der Waals surface area contributed by atoms with Gasteiger partial charge in [-0.25, -0.2) is 9.21 Å². The lowest BCUT2D eigenvalue weighted by Crippen LogP contribution is -2.41. The van der Waals surface area contributed by atoms with E-state index in [-0.39, 0.29) is 6.04 Å². The molecule has 1 aliphatic rings. The van der Waals surface area contributed by atoms with Crippen molar-refractivity contribution in [2.45, 2.75) is 18.9 Å². The summed E-state index contributed by atoms with van der Waals surface area (Å²) in [5, 5.41) is 8.58. The number of carbonyl (C=O) groups is 1. The predicted octanol–water partition coefficient (Wildman–Crippen LogP) is 1.21. The molecule has 1 aliphatic heterocycles. The molecule has 0 bridgehead atoms. The van der Waals surface area contributed by atoms with Crippen LogP contribution in [0.25, 0.3) is 0 Å². The summed E-state index contributed by atoms with van der Waals surface area (Å²) < 4.78 is 0.896. The van der Waals surface area contributed by atoms with E-state index >= 15 is 0 Å². The summed E-state index contributed by atoms with van der Waals surface area (Å²) in [5.74, 6) is 0. The third-order valence-electron chi connectivity index (χ3n) is 2.19. The first-order valence-electron chi connectivity index (χ1n) is 3.97. The van der Waals surface area contributed by atoms with Crippen molar-refractivity contribution in [1.82, 2.24) is 9.32 Å². The van der Waals surface area contributed by atoms with E-state index in [0.717, 1.165) is 30.4 Å². The minimum atomic E-state index is -1.05. The van der Waals surface area contributed by atoms with Crippen LogP contribution in [0, 0.1) is 0 Å². The third-order valence-corrected chi connectivity index (χ3v) is 2.61. The molecule has 0 saturated carbocycles. The highest BCUT2D eigenvalue weighted by Crippen LogP contribution is 2.17. The average molecular weight is 193 g/mol. The highest BCUT2D eigenvalue weighted by atomic mass is 35.5. The van der Waals surface area contributed by atoms with Crippen LogP contribution < -0.4 is 0 Å². The topological polar surface area (TPSA) is 43.8 Å². The molecule has 0 unspecified atom stereocenters. The molecule has 0 aromatic rings. The molecule has 1 saturated heterocycles. The van der Waals surface area contributed by atoms with Gasteiger partial charge in [0.1, 0.15) is 0 Å². The first-order chi connectivity index (χ1) is 5.61. The van der Waals surface area contributed by atoms with E-state index in [0.29, 0.717) is 0 Å². The zero-order chi connectivity index (χ0) is 9.14. The highest BCUT2D eigenvalue weighted by Gasteiger charge is 2.25. The molecule has 1 heterocycles. The quantitative estimate of drug-likeness (QED) is 0.636. The SMILES string of the molecule is CN1CCC(N(Cl)C(=O)O)CC1. The van der Waals surface area contributed by atoms with E-state index in [1.54, 1.807) is 0 Å². The summed E-state index contributed by atoms with van der Waals surface area (Å²) >= 11 is 5.56. The fourth-order valence-electron chi connectivity index (χ4n) is 1.38. The third kappa shape index (κ3) is 2.25. The van der Waals surface area contributed by atoms with Crippen molar-refractivity contribution < 1.29 is 9.90 Å². The van der Waals surface area contributed by atoms with Gasteiger partial charge in [0, 0.05) is 11.8 Å². The number of hydrogen-bond acceptors (Lipinski definition) is 2. The van der Waals surface area contributed by atoms with E-state index in [1.165, 1.54) is 0 Å². The van der Waals surface area contributed by atoms with Crippen LogP contribution in [0.4, 0.5) is 4.79 Å². The van der Waals surface area contributed by atoms with Gasteiger partial charge in [0.05, 0.1) is 6.04 Å². The monoisotopic (exact) mass is 192 g/mol. The number of piperidine rings is 1. The minimum absolute atomic E-state index is 0.0135. The normalized spacial score (nSPS) is 20.8. The van der Waals surface area contributed by atoms with Gasteiger partial charge < -0.3 is 10.0 Å². The van der Waals surface area contributed by atoms with Gasteiger partial charge in [-0.3, -0.25) is 0 Å². The Labute approximate surface area is 76.8 Å². The second-order valence-corrected chi connectivity index (χ2v) is 3.49. The van der Waals surface area contributed by atoms with E-state index in [2.05, 4.69) is 4.90 Å². The maximum Gasteiger partial charge on any atom is 0.422 e. The van der Waals surface area contributed by atoms with Gasteiger partial charge >= 0.3 is 6.09 Å². The minimum Gasteiger partial charge on any atom is -0.464 e. The summed E-state index contributed by atoms with van der Waals surface area (Å²) in [6.45, 7) is 1.84. The average Bonchev–Trinajstić information content (AvgIpc) is 2.04. The largest absolute Gasteiger partial charge is 0.464 e.